The molecule has 0 spiro atoms. The van der Waals surface area contributed by atoms with Gasteiger partial charge in [0.25, 0.3) is 0 Å². The number of rotatable bonds is 0. The Balaban J connectivity index is 6.18. The molecule has 0 radical (unpaired) electrons. The van der Waals surface area contributed by atoms with Gasteiger partial charge in [-0.1, -0.05) is 0 Å². The quantitative estimate of drug-likeness (QED) is 0.330. The van der Waals surface area contributed by atoms with E-state index in [2.05, 4.69) is 0 Å². The monoisotopic (exact) mass is 3130 g/mol. The predicted molar refractivity (Wildman–Crippen MR) is 722 cm³/mol. The normalized spacial score (nSPS) is 7.88. The molecule has 0 nitrogen and oxygen atoms in total. The molecule has 0 unspecified atom stereocenters. The Morgan fingerprint density at radius 2 is 0.0816 bits per heavy atom. The Bertz CT molecular complexity index is 7320. The van der Waals surface area contributed by atoms with E-state index in [0.717, 1.165) is 0 Å². The van der Waals surface area contributed by atoms with E-state index in [1.165, 1.54) is 17.8 Å². The van der Waals surface area contributed by atoms with Gasteiger partial charge in [0.2, 0.25) is 0 Å². The Morgan fingerprint density at radius 1 is 0.0510 bits per heavy atom. The highest BCUT2D eigenvalue weighted by molar-refractivity contribution is 8.87. The molecular formula is S98. The fraction of sp³-hybridized carbons (Fsp3) is 0. The average Bonchev–Trinajstić information content (AvgIpc) is 3.63. The molecule has 98 heavy (non-hydrogen) atoms. The Hall–Kier alpha value is 21.6. The molecule has 0 bridgehead atoms. The van der Waals surface area contributed by atoms with Crippen molar-refractivity contribution in [1.82, 2.24) is 0 Å². The lowest BCUT2D eigenvalue weighted by Crippen LogP contribution is -1.41. The van der Waals surface area contributed by atoms with Gasteiger partial charge in [-0.25, -0.2) is 0 Å². The van der Waals surface area contributed by atoms with E-state index >= 15 is 0 Å². The molecule has 0 heterocycles. The Labute approximate surface area is 847 Å². The van der Waals surface area contributed by atoms with E-state index in [9.17, 15) is 0 Å². The summed E-state index contributed by atoms with van der Waals surface area (Å²) in [5.41, 5.74) is 0. The lowest BCUT2D eigenvalue weighted by Gasteiger charge is -1.41. The van der Waals surface area contributed by atoms with Crippen LogP contribution in [0.3, 0.4) is 0 Å². The summed E-state index contributed by atoms with van der Waals surface area (Å²) < 4.78 is 0. The highest BCUT2D eigenvalue weighted by Crippen LogP contribution is 1.50. The Morgan fingerprint density at radius 3 is 0.112 bits per heavy atom. The zero-order chi connectivity index (χ0) is 69.9. The molecule has 0 aliphatic heterocycles. The fourth-order valence-corrected chi connectivity index (χ4v) is 259. The second-order valence-corrected chi connectivity index (χ2v) is 176. The Kier molecular flexibility index (Phi) is 145. The summed E-state index contributed by atoms with van der Waals surface area (Å²) >= 11 is 9.66. The summed E-state index contributed by atoms with van der Waals surface area (Å²) in [7, 11) is 174. The molecule has 0 fully saturated rings. The molecule has 0 saturated heterocycles. The lowest BCUT2D eigenvalue weighted by atomic mass is 30.7. The van der Waals surface area contributed by atoms with E-state index in [-0.39, 0.29) is 0 Å². The van der Waals surface area contributed by atoms with Gasteiger partial charge in [-0.15, -0.1) is 0 Å². The van der Waals surface area contributed by atoms with Crippen LogP contribution >= 0.6 is 0 Å². The predicted octanol–water partition coefficient (Wildman–Crippen LogP) is -0.235. The van der Waals surface area contributed by atoms with Crippen molar-refractivity contribution >= 4 is 875 Å². The van der Waals surface area contributed by atoms with Gasteiger partial charge >= 0.3 is 0 Å². The van der Waals surface area contributed by atoms with Crippen LogP contribution in [-0.2, 0) is 875 Å². The minimum Gasteiger partial charge on any atom is 0 e. The van der Waals surface area contributed by atoms with Crippen molar-refractivity contribution in [3.8, 4) is 0 Å². The molecule has 0 aromatic heterocycles. The van der Waals surface area contributed by atoms with Gasteiger partial charge in [0.1, 0.15) is 0 Å². The lowest BCUT2D eigenvalue weighted by molar-refractivity contribution is 5.95. The van der Waals surface area contributed by atoms with Crippen molar-refractivity contribution in [3.63, 3.8) is 0 Å². The molecule has 0 amide bonds. The van der Waals surface area contributed by atoms with Crippen LogP contribution in [0.4, 0.5) is 0 Å². The van der Waals surface area contributed by atoms with E-state index in [0.29, 0.717) is 0 Å². The first-order chi connectivity index (χ1) is 48.9. The minimum absolute atomic E-state index is 1.37. The zero-order valence-corrected chi connectivity index (χ0v) is 120. The van der Waals surface area contributed by atoms with Gasteiger partial charge in [0.15, 0.2) is 0 Å². The third-order valence-corrected chi connectivity index (χ3v) is 214. The standard InChI is InChI=1S/S98/c1-3-5-7-9-11-13-15-17-19-21-23-25-27-29-31-33-35-37-39-41-43-45-47-49-51-53-55-57-59-61-63-65-67-69-71-73-75-77-79-81-83-85-87-89-91-93-95-97-98-96-94-92-90-88-86-84-82-80-78-76-74-72-70-68-66-64-62-60-58-56-54-52-50-48-46-44-42-40-38-36-34-32-30-28-26-24-22-20-18-16-14-12-10-8-6-4-2. The molecule has 0 N–H and O–H groups in total. The van der Waals surface area contributed by atoms with E-state index in [1.54, 1.807) is 107 Å². The first kappa shape index (κ1) is 120. The smallest absolute Gasteiger partial charge is 0 e. The topological polar surface area (TPSA) is 0 Å². The summed E-state index contributed by atoms with van der Waals surface area (Å²) in [6.45, 7) is 0. The molecule has 0 aromatic carbocycles. The van der Waals surface area contributed by atoms with Crippen molar-refractivity contribution in [2.75, 3.05) is 0 Å². The first-order valence-corrected chi connectivity index (χ1v) is 145. The SMILES string of the molecule is S=S=S=S=S=S=S=S=S=S=S=S=S=S=S=S=S=S=S=S=S=S=S=S=S=S=S=S=S=S=S=S=S=S=S=S=S=S=S=S=S=S=S=S=S=S=S=S=S=S=S=S=S=S=S=S=S=S=S=S=S=S=S=S=S=S=S=S=S=S=S=S=S=S=S=S=S=S=S=S=S=S=S=S=S=S=S=S=S=S=S=S=S=S=S=S=S=S. The van der Waals surface area contributed by atoms with Crippen LogP contribution in [-0.4, -0.2) is 0 Å². The molecule has 0 aliphatic carbocycles. The number of hydrogen-bond acceptors (Lipinski definition) is 2. The zero-order valence-electron chi connectivity index (χ0n) is 40.0. The highest BCUT2D eigenvalue weighted by Gasteiger charge is 1.50. The molecule has 0 aromatic rings. The molecule has 0 aliphatic rings. The molecule has 588 valence electrons. The maximum absolute atomic E-state index is 4.83. The van der Waals surface area contributed by atoms with Crippen LogP contribution in [0.15, 0.2) is 0 Å². The summed E-state index contributed by atoms with van der Waals surface area (Å²) in [6.07, 6.45) is 0. The molecule has 98 heteroatoms. The van der Waals surface area contributed by atoms with Gasteiger partial charge < -0.3 is 0 Å². The average molecular weight is 3140 g/mol. The second kappa shape index (κ2) is 119. The highest BCUT2D eigenvalue weighted by atomic mass is 33.6. The van der Waals surface area contributed by atoms with Crippen molar-refractivity contribution in [3.05, 3.63) is 0 Å². The third-order valence-electron chi connectivity index (χ3n) is 2.64. The van der Waals surface area contributed by atoms with Crippen LogP contribution < -0.4 is 0 Å². The van der Waals surface area contributed by atoms with Crippen molar-refractivity contribution < 1.29 is 0 Å². The minimum atomic E-state index is 1.37. The third kappa shape index (κ3) is 118. The molecule has 0 saturated carbocycles. The van der Waals surface area contributed by atoms with Gasteiger partial charge in [-0.3, -0.25) is 0 Å². The van der Waals surface area contributed by atoms with Crippen LogP contribution in [0.25, 0.3) is 0 Å². The van der Waals surface area contributed by atoms with E-state index in [4.69, 9.17) is 22.4 Å². The summed E-state index contributed by atoms with van der Waals surface area (Å²) in [5.74, 6) is 0. The van der Waals surface area contributed by atoms with E-state index in [1.807, 2.05) is 728 Å². The van der Waals surface area contributed by atoms with Crippen molar-refractivity contribution in [2.45, 2.75) is 0 Å². The summed E-state index contributed by atoms with van der Waals surface area (Å²) in [6, 6.07) is 0. The first-order valence-electron chi connectivity index (χ1n) is 16.2. The van der Waals surface area contributed by atoms with Gasteiger partial charge in [0, 0.05) is 875 Å². The van der Waals surface area contributed by atoms with Gasteiger partial charge in [-0.2, -0.15) is 0 Å². The maximum Gasteiger partial charge on any atom is 0 e. The molecule has 0 atom stereocenters. The maximum atomic E-state index is 4.83. The van der Waals surface area contributed by atoms with Gasteiger partial charge in [0.05, 0.1) is 0 Å². The van der Waals surface area contributed by atoms with E-state index < -0.39 is 0 Å². The van der Waals surface area contributed by atoms with Crippen LogP contribution in [0.2, 0.25) is 0 Å². The number of hydrogen-bond donors (Lipinski definition) is 0. The molecule has 0 rings (SSSR count). The summed E-state index contributed by atoms with van der Waals surface area (Å²) in [5, 5.41) is 0. The van der Waals surface area contributed by atoms with Crippen molar-refractivity contribution in [1.29, 1.82) is 0 Å². The van der Waals surface area contributed by atoms with Crippen LogP contribution in [0.1, 0.15) is 0 Å². The second-order valence-electron chi connectivity index (χ2n) is 6.53. The molecular weight excluding hydrogens is 3140 g/mol. The van der Waals surface area contributed by atoms with Crippen LogP contribution in [0, 0.1) is 0 Å². The van der Waals surface area contributed by atoms with Gasteiger partial charge in [-0.05, 0) is 0 Å². The fourth-order valence-electron chi connectivity index (χ4n) is 1.07. The van der Waals surface area contributed by atoms with Crippen LogP contribution in [0.5, 0.6) is 0 Å². The van der Waals surface area contributed by atoms with Crippen molar-refractivity contribution in [2.24, 2.45) is 0 Å². The summed E-state index contributed by atoms with van der Waals surface area (Å²) in [4.78, 5) is 0. The largest absolute Gasteiger partial charge is 0 e.